The quantitative estimate of drug-likeness (QED) is 0.332. The Labute approximate surface area is 42.1 Å². The molecule has 0 amide bonds. The summed E-state index contributed by atoms with van der Waals surface area (Å²) in [5.41, 5.74) is 0. The zero-order valence-corrected chi connectivity index (χ0v) is 3.96. The summed E-state index contributed by atoms with van der Waals surface area (Å²) in [5.74, 6) is -1.42. The predicted molar refractivity (Wildman–Crippen MR) is 25.5 cm³/mol. The van der Waals surface area contributed by atoms with Gasteiger partial charge in [0.2, 0.25) is 0 Å². The second-order valence-corrected chi connectivity index (χ2v) is 1.86. The minimum atomic E-state index is -1.42. The normalized spacial score (nSPS) is 26.0. The number of aliphatic hydroxyl groups is 2. The van der Waals surface area contributed by atoms with E-state index >= 15 is 0 Å². The summed E-state index contributed by atoms with van der Waals surface area (Å²) in [4.78, 5) is 0. The van der Waals surface area contributed by atoms with Crippen LogP contribution in [0.3, 0.4) is 0 Å². The van der Waals surface area contributed by atoms with Crippen LogP contribution in [0.4, 0.5) is 0 Å². The van der Waals surface area contributed by atoms with Crippen molar-refractivity contribution in [2.45, 2.75) is 18.6 Å². The standard InChI is InChI=1S/C5H8O2/c6-5(7)3-1-2-4-5/h1-2,6-7H,3-4H2. The van der Waals surface area contributed by atoms with E-state index in [1.807, 2.05) is 0 Å². The molecule has 2 N–H and O–H groups in total. The lowest BCUT2D eigenvalue weighted by atomic mass is 10.2. The van der Waals surface area contributed by atoms with Crippen LogP contribution in [0.5, 0.6) is 0 Å². The molecule has 0 aromatic carbocycles. The molecule has 0 bridgehead atoms. The van der Waals surface area contributed by atoms with Gasteiger partial charge in [-0.25, -0.2) is 0 Å². The van der Waals surface area contributed by atoms with Gasteiger partial charge in [-0.2, -0.15) is 0 Å². The third-order valence-electron chi connectivity index (χ3n) is 1.06. The van der Waals surface area contributed by atoms with Crippen molar-refractivity contribution in [3.8, 4) is 0 Å². The highest BCUT2D eigenvalue weighted by Gasteiger charge is 2.22. The Bertz CT molecular complexity index is 84.3. The molecule has 0 radical (unpaired) electrons. The molecule has 0 spiro atoms. The molecule has 1 aliphatic rings. The summed E-state index contributed by atoms with van der Waals surface area (Å²) in [7, 11) is 0. The van der Waals surface area contributed by atoms with E-state index in [1.165, 1.54) is 0 Å². The van der Waals surface area contributed by atoms with Gasteiger partial charge in [-0.1, -0.05) is 12.2 Å². The van der Waals surface area contributed by atoms with Gasteiger partial charge in [0.05, 0.1) is 0 Å². The number of rotatable bonds is 0. The van der Waals surface area contributed by atoms with E-state index in [2.05, 4.69) is 0 Å². The van der Waals surface area contributed by atoms with Crippen LogP contribution < -0.4 is 0 Å². The first-order valence-corrected chi connectivity index (χ1v) is 2.30. The second-order valence-electron chi connectivity index (χ2n) is 1.86. The molecule has 0 unspecified atom stereocenters. The lowest BCUT2D eigenvalue weighted by Crippen LogP contribution is -2.22. The zero-order valence-electron chi connectivity index (χ0n) is 3.96. The number of hydrogen-bond acceptors (Lipinski definition) is 2. The molecule has 1 aliphatic carbocycles. The molecule has 0 heterocycles. The van der Waals surface area contributed by atoms with Crippen molar-refractivity contribution in [2.75, 3.05) is 0 Å². The molecular weight excluding hydrogens is 92.1 g/mol. The lowest BCUT2D eigenvalue weighted by Gasteiger charge is -2.11. The average Bonchev–Trinajstić information content (AvgIpc) is 1.84. The molecule has 0 saturated carbocycles. The molecule has 1 rings (SSSR count). The van der Waals surface area contributed by atoms with Crippen molar-refractivity contribution in [2.24, 2.45) is 0 Å². The topological polar surface area (TPSA) is 40.5 Å². The summed E-state index contributed by atoms with van der Waals surface area (Å²) in [6.45, 7) is 0. The zero-order chi connectivity index (χ0) is 5.33. The van der Waals surface area contributed by atoms with Crippen LogP contribution in [0.1, 0.15) is 12.8 Å². The molecular formula is C5H8O2. The Hall–Kier alpha value is -0.340. The SMILES string of the molecule is OC1(O)CC=CC1. The van der Waals surface area contributed by atoms with Crippen molar-refractivity contribution in [1.29, 1.82) is 0 Å². The monoisotopic (exact) mass is 100 g/mol. The minimum absolute atomic E-state index is 0.382. The molecule has 2 heteroatoms. The van der Waals surface area contributed by atoms with Gasteiger partial charge < -0.3 is 10.2 Å². The molecule has 2 nitrogen and oxygen atoms in total. The van der Waals surface area contributed by atoms with Gasteiger partial charge in [0.1, 0.15) is 0 Å². The minimum Gasteiger partial charge on any atom is -0.365 e. The van der Waals surface area contributed by atoms with Gasteiger partial charge in [-0.3, -0.25) is 0 Å². The Morgan fingerprint density at radius 2 is 1.57 bits per heavy atom. The van der Waals surface area contributed by atoms with E-state index in [-0.39, 0.29) is 0 Å². The fourth-order valence-electron chi connectivity index (χ4n) is 0.627. The van der Waals surface area contributed by atoms with Gasteiger partial charge in [0.15, 0.2) is 5.79 Å². The van der Waals surface area contributed by atoms with Crippen molar-refractivity contribution in [1.82, 2.24) is 0 Å². The van der Waals surface area contributed by atoms with Crippen molar-refractivity contribution < 1.29 is 10.2 Å². The van der Waals surface area contributed by atoms with E-state index in [1.54, 1.807) is 12.2 Å². The van der Waals surface area contributed by atoms with Crippen molar-refractivity contribution in [3.63, 3.8) is 0 Å². The van der Waals surface area contributed by atoms with Gasteiger partial charge in [-0.05, 0) is 0 Å². The maximum atomic E-state index is 8.69. The molecule has 0 atom stereocenters. The summed E-state index contributed by atoms with van der Waals surface area (Å²) in [6, 6.07) is 0. The lowest BCUT2D eigenvalue weighted by molar-refractivity contribution is -0.148. The molecule has 0 saturated heterocycles. The van der Waals surface area contributed by atoms with Crippen LogP contribution >= 0.6 is 0 Å². The Morgan fingerprint density at radius 3 is 1.71 bits per heavy atom. The first kappa shape index (κ1) is 4.81. The van der Waals surface area contributed by atoms with E-state index in [9.17, 15) is 0 Å². The van der Waals surface area contributed by atoms with Crippen LogP contribution in [0.25, 0.3) is 0 Å². The fourth-order valence-corrected chi connectivity index (χ4v) is 0.627. The van der Waals surface area contributed by atoms with Crippen molar-refractivity contribution >= 4 is 0 Å². The van der Waals surface area contributed by atoms with Crippen molar-refractivity contribution in [3.05, 3.63) is 12.2 Å². The third-order valence-corrected chi connectivity index (χ3v) is 1.06. The van der Waals surface area contributed by atoms with E-state index in [4.69, 9.17) is 10.2 Å². The van der Waals surface area contributed by atoms with Gasteiger partial charge in [0.25, 0.3) is 0 Å². The van der Waals surface area contributed by atoms with Crippen LogP contribution in [0, 0.1) is 0 Å². The third kappa shape index (κ3) is 1.01. The van der Waals surface area contributed by atoms with Crippen LogP contribution in [-0.4, -0.2) is 16.0 Å². The fraction of sp³-hybridized carbons (Fsp3) is 0.600. The van der Waals surface area contributed by atoms with E-state index in [0.717, 1.165) is 0 Å². The predicted octanol–water partition coefficient (Wildman–Crippen LogP) is 0.0173. The van der Waals surface area contributed by atoms with E-state index in [0.29, 0.717) is 12.8 Å². The smallest absolute Gasteiger partial charge is 0.169 e. The summed E-state index contributed by atoms with van der Waals surface area (Å²) in [6.07, 6.45) is 4.29. The van der Waals surface area contributed by atoms with Crippen LogP contribution in [0.2, 0.25) is 0 Å². The van der Waals surface area contributed by atoms with E-state index < -0.39 is 5.79 Å². The van der Waals surface area contributed by atoms with Gasteiger partial charge in [0, 0.05) is 12.8 Å². The molecule has 0 aromatic rings. The first-order chi connectivity index (χ1) is 3.21. The van der Waals surface area contributed by atoms with Gasteiger partial charge in [-0.15, -0.1) is 0 Å². The second kappa shape index (κ2) is 1.32. The summed E-state index contributed by atoms with van der Waals surface area (Å²) in [5, 5.41) is 17.4. The average molecular weight is 100 g/mol. The van der Waals surface area contributed by atoms with Crippen LogP contribution in [-0.2, 0) is 0 Å². The molecule has 7 heavy (non-hydrogen) atoms. The maximum Gasteiger partial charge on any atom is 0.169 e. The highest BCUT2D eigenvalue weighted by Crippen LogP contribution is 2.18. The molecule has 40 valence electrons. The first-order valence-electron chi connectivity index (χ1n) is 2.30. The summed E-state index contributed by atoms with van der Waals surface area (Å²) < 4.78 is 0. The molecule has 0 aliphatic heterocycles. The largest absolute Gasteiger partial charge is 0.365 e. The highest BCUT2D eigenvalue weighted by atomic mass is 16.5. The highest BCUT2D eigenvalue weighted by molar-refractivity contribution is 4.97. The number of hydrogen-bond donors (Lipinski definition) is 2. The molecule has 0 fully saturated rings. The Morgan fingerprint density at radius 1 is 1.14 bits per heavy atom. The summed E-state index contributed by atoms with van der Waals surface area (Å²) >= 11 is 0. The Balaban J connectivity index is 2.49. The van der Waals surface area contributed by atoms with Crippen LogP contribution in [0.15, 0.2) is 12.2 Å². The molecule has 0 aromatic heterocycles. The van der Waals surface area contributed by atoms with Gasteiger partial charge >= 0.3 is 0 Å². The maximum absolute atomic E-state index is 8.69. The Kier molecular flexibility index (Phi) is 0.905.